The van der Waals surface area contributed by atoms with Crippen LogP contribution in [0.2, 0.25) is 0 Å². The van der Waals surface area contributed by atoms with Crippen LogP contribution in [0.15, 0.2) is 12.4 Å². The SMILES string of the molecule is Cn1ccnc1CCNC(=O)N(CC(=O)O)C1CCCC1. The summed E-state index contributed by atoms with van der Waals surface area (Å²) in [6, 6.07) is -0.243. The van der Waals surface area contributed by atoms with Gasteiger partial charge in [-0.2, -0.15) is 0 Å². The summed E-state index contributed by atoms with van der Waals surface area (Å²) in [6.45, 7) is 0.214. The lowest BCUT2D eigenvalue weighted by atomic mass is 10.2. The zero-order valence-electron chi connectivity index (χ0n) is 12.3. The van der Waals surface area contributed by atoms with E-state index < -0.39 is 5.97 Å². The first kappa shape index (κ1) is 15.3. The number of rotatable bonds is 6. The Morgan fingerprint density at radius 1 is 1.48 bits per heavy atom. The Morgan fingerprint density at radius 2 is 2.19 bits per heavy atom. The fourth-order valence-corrected chi connectivity index (χ4v) is 2.75. The highest BCUT2D eigenvalue weighted by Gasteiger charge is 2.28. The number of imidazole rings is 1. The van der Waals surface area contributed by atoms with Crippen molar-refractivity contribution in [1.82, 2.24) is 19.8 Å². The van der Waals surface area contributed by atoms with Crippen molar-refractivity contribution in [2.24, 2.45) is 7.05 Å². The third-order valence-corrected chi connectivity index (χ3v) is 3.88. The molecule has 0 saturated heterocycles. The Hall–Kier alpha value is -2.05. The van der Waals surface area contributed by atoms with E-state index in [1.165, 1.54) is 4.90 Å². The third kappa shape index (κ3) is 4.21. The number of aliphatic carboxylic acids is 1. The van der Waals surface area contributed by atoms with Gasteiger partial charge in [0.15, 0.2) is 0 Å². The second-order valence-corrected chi connectivity index (χ2v) is 5.40. The van der Waals surface area contributed by atoms with Gasteiger partial charge in [-0.3, -0.25) is 4.79 Å². The summed E-state index contributed by atoms with van der Waals surface area (Å²) in [7, 11) is 1.90. The summed E-state index contributed by atoms with van der Waals surface area (Å²) in [6.07, 6.45) is 8.09. The molecule has 2 N–H and O–H groups in total. The van der Waals surface area contributed by atoms with E-state index >= 15 is 0 Å². The van der Waals surface area contributed by atoms with Crippen LogP contribution < -0.4 is 5.32 Å². The van der Waals surface area contributed by atoms with Crippen LogP contribution in [0.1, 0.15) is 31.5 Å². The predicted octanol–water partition coefficient (Wildman–Crippen LogP) is 1.00. The van der Waals surface area contributed by atoms with Crippen molar-refractivity contribution in [2.45, 2.75) is 38.1 Å². The third-order valence-electron chi connectivity index (χ3n) is 3.88. The monoisotopic (exact) mass is 294 g/mol. The molecular weight excluding hydrogens is 272 g/mol. The molecule has 0 aliphatic heterocycles. The van der Waals surface area contributed by atoms with Crippen LogP contribution in [0, 0.1) is 0 Å². The number of nitrogens with one attached hydrogen (secondary N) is 1. The second kappa shape index (κ2) is 7.10. The van der Waals surface area contributed by atoms with Crippen molar-refractivity contribution in [3.05, 3.63) is 18.2 Å². The lowest BCUT2D eigenvalue weighted by Gasteiger charge is -2.27. The van der Waals surface area contributed by atoms with Gasteiger partial charge in [-0.1, -0.05) is 12.8 Å². The van der Waals surface area contributed by atoms with E-state index in [2.05, 4.69) is 10.3 Å². The molecule has 2 rings (SSSR count). The molecule has 0 bridgehead atoms. The van der Waals surface area contributed by atoms with Crippen LogP contribution in [-0.2, 0) is 18.3 Å². The molecule has 1 saturated carbocycles. The predicted molar refractivity (Wildman–Crippen MR) is 76.9 cm³/mol. The molecule has 0 unspecified atom stereocenters. The standard InChI is InChI=1S/C14H22N4O3/c1-17-9-8-15-12(17)6-7-16-14(21)18(10-13(19)20)11-4-2-3-5-11/h8-9,11H,2-7,10H2,1H3,(H,16,21)(H,19,20). The largest absolute Gasteiger partial charge is 0.480 e. The Balaban J connectivity index is 1.85. The summed E-state index contributed by atoms with van der Waals surface area (Å²) < 4.78 is 1.90. The number of aryl methyl sites for hydroxylation is 1. The number of hydrogen-bond acceptors (Lipinski definition) is 3. The van der Waals surface area contributed by atoms with Gasteiger partial charge < -0.3 is 19.9 Å². The minimum atomic E-state index is -0.971. The van der Waals surface area contributed by atoms with Crippen LogP contribution in [-0.4, -0.2) is 50.7 Å². The first-order valence-corrected chi connectivity index (χ1v) is 7.30. The van der Waals surface area contributed by atoms with E-state index in [9.17, 15) is 9.59 Å². The van der Waals surface area contributed by atoms with Crippen molar-refractivity contribution in [3.8, 4) is 0 Å². The highest BCUT2D eigenvalue weighted by molar-refractivity contribution is 5.80. The normalized spacial score (nSPS) is 15.1. The van der Waals surface area contributed by atoms with Crippen molar-refractivity contribution in [2.75, 3.05) is 13.1 Å². The number of carbonyl (C=O) groups is 2. The van der Waals surface area contributed by atoms with E-state index in [4.69, 9.17) is 5.11 Å². The molecule has 7 nitrogen and oxygen atoms in total. The second-order valence-electron chi connectivity index (χ2n) is 5.40. The van der Waals surface area contributed by atoms with Crippen molar-refractivity contribution in [3.63, 3.8) is 0 Å². The van der Waals surface area contributed by atoms with E-state index in [1.54, 1.807) is 6.20 Å². The Kier molecular flexibility index (Phi) is 5.19. The molecule has 0 radical (unpaired) electrons. The molecule has 1 heterocycles. The summed E-state index contributed by atoms with van der Waals surface area (Å²) in [5.41, 5.74) is 0. The lowest BCUT2D eigenvalue weighted by molar-refractivity contribution is -0.138. The van der Waals surface area contributed by atoms with E-state index in [1.807, 2.05) is 17.8 Å². The van der Waals surface area contributed by atoms with Crippen LogP contribution >= 0.6 is 0 Å². The molecule has 21 heavy (non-hydrogen) atoms. The van der Waals surface area contributed by atoms with Gasteiger partial charge in [0.25, 0.3) is 0 Å². The zero-order chi connectivity index (χ0) is 15.2. The maximum Gasteiger partial charge on any atom is 0.323 e. The lowest BCUT2D eigenvalue weighted by Crippen LogP contribution is -2.48. The van der Waals surface area contributed by atoms with Crippen LogP contribution in [0.25, 0.3) is 0 Å². The van der Waals surface area contributed by atoms with Gasteiger partial charge in [-0.15, -0.1) is 0 Å². The summed E-state index contributed by atoms with van der Waals surface area (Å²) in [5.74, 6) is -0.0814. The maximum atomic E-state index is 12.2. The van der Waals surface area contributed by atoms with Crippen LogP contribution in [0.3, 0.4) is 0 Å². The number of carboxylic acid groups (broad SMARTS) is 1. The number of nitrogens with zero attached hydrogens (tertiary/aromatic N) is 3. The number of aromatic nitrogens is 2. The van der Waals surface area contributed by atoms with Crippen molar-refractivity contribution >= 4 is 12.0 Å². The molecule has 0 spiro atoms. The van der Waals surface area contributed by atoms with Crippen molar-refractivity contribution < 1.29 is 14.7 Å². The topological polar surface area (TPSA) is 87.5 Å². The number of urea groups is 1. The zero-order valence-corrected chi connectivity index (χ0v) is 12.3. The van der Waals surface area contributed by atoms with E-state index in [0.717, 1.165) is 31.5 Å². The average Bonchev–Trinajstić information content (AvgIpc) is 3.08. The number of carbonyl (C=O) groups excluding carboxylic acids is 1. The fourth-order valence-electron chi connectivity index (χ4n) is 2.75. The first-order chi connectivity index (χ1) is 10.1. The highest BCUT2D eigenvalue weighted by atomic mass is 16.4. The molecule has 0 aromatic carbocycles. The molecule has 7 heteroatoms. The Morgan fingerprint density at radius 3 is 2.76 bits per heavy atom. The van der Waals surface area contributed by atoms with Gasteiger partial charge >= 0.3 is 12.0 Å². The number of amides is 2. The molecule has 116 valence electrons. The molecule has 1 aliphatic carbocycles. The van der Waals surface area contributed by atoms with Gasteiger partial charge in [-0.05, 0) is 12.8 Å². The average molecular weight is 294 g/mol. The molecule has 1 fully saturated rings. The van der Waals surface area contributed by atoms with Gasteiger partial charge in [-0.25, -0.2) is 9.78 Å². The summed E-state index contributed by atoms with van der Waals surface area (Å²) in [5, 5.41) is 11.8. The van der Waals surface area contributed by atoms with Crippen molar-refractivity contribution in [1.29, 1.82) is 0 Å². The molecular formula is C14H22N4O3. The van der Waals surface area contributed by atoms with E-state index in [0.29, 0.717) is 13.0 Å². The summed E-state index contributed by atoms with van der Waals surface area (Å²) >= 11 is 0. The van der Waals surface area contributed by atoms with Gasteiger partial charge in [0.05, 0.1) is 0 Å². The fraction of sp³-hybridized carbons (Fsp3) is 0.643. The van der Waals surface area contributed by atoms with Crippen LogP contribution in [0.4, 0.5) is 4.79 Å². The number of carboxylic acids is 1. The first-order valence-electron chi connectivity index (χ1n) is 7.30. The highest BCUT2D eigenvalue weighted by Crippen LogP contribution is 2.23. The van der Waals surface area contributed by atoms with Gasteiger partial charge in [0.2, 0.25) is 0 Å². The number of hydrogen-bond donors (Lipinski definition) is 2. The Labute approximate surface area is 124 Å². The smallest absolute Gasteiger partial charge is 0.323 e. The van der Waals surface area contributed by atoms with E-state index in [-0.39, 0.29) is 18.6 Å². The maximum absolute atomic E-state index is 12.2. The quantitative estimate of drug-likeness (QED) is 0.819. The molecule has 2 amide bonds. The van der Waals surface area contributed by atoms with Gasteiger partial charge in [0, 0.05) is 38.4 Å². The van der Waals surface area contributed by atoms with Gasteiger partial charge in [0.1, 0.15) is 12.4 Å². The summed E-state index contributed by atoms with van der Waals surface area (Å²) in [4.78, 5) is 28.8. The molecule has 1 aromatic heterocycles. The Bertz CT molecular complexity index is 494. The molecule has 0 atom stereocenters. The molecule has 1 aromatic rings. The minimum Gasteiger partial charge on any atom is -0.480 e. The van der Waals surface area contributed by atoms with Crippen LogP contribution in [0.5, 0.6) is 0 Å². The molecule has 1 aliphatic rings. The minimum absolute atomic E-state index is 0.0502.